The maximum Gasteiger partial charge on any atom is 0.253 e. The fourth-order valence-electron chi connectivity index (χ4n) is 13.8. The Morgan fingerprint density at radius 1 is 0.268 bits per heavy atom. The van der Waals surface area contributed by atoms with Crippen LogP contribution in [0.15, 0.2) is 67.1 Å². The molecule has 0 radical (unpaired) electrons. The highest BCUT2D eigenvalue weighted by atomic mass is 32.1. The number of nitrogens with zero attached hydrogens (tertiary/aromatic N) is 4. The summed E-state index contributed by atoms with van der Waals surface area (Å²) in [5.74, 6) is 0. The predicted molar refractivity (Wildman–Crippen MR) is 544 cm³/mol. The third kappa shape index (κ3) is 37.2. The number of hydrogen-bond acceptors (Lipinski definition) is 30. The zero-order chi connectivity index (χ0) is 98.7. The van der Waals surface area contributed by atoms with Crippen LogP contribution in [0.25, 0.3) is 0 Å². The molecular formula is C97H160N14O14S2. The Balaban J connectivity index is 0.000000726. The average molecular weight is 1810 g/mol. The van der Waals surface area contributed by atoms with Gasteiger partial charge in [-0.3, -0.25) is 67.1 Å². The number of nitrogens with two attached hydrogens (primary N) is 7. The van der Waals surface area contributed by atoms with Crippen LogP contribution in [0.4, 0.5) is 68.2 Å². The van der Waals surface area contributed by atoms with Gasteiger partial charge in [0.25, 0.3) is 43.4 Å². The highest BCUT2D eigenvalue weighted by Crippen LogP contribution is 2.34. The van der Waals surface area contributed by atoms with E-state index in [1.54, 1.807) is 40.7 Å². The van der Waals surface area contributed by atoms with E-state index in [0.29, 0.717) is 83.9 Å². The molecule has 0 amide bonds. The van der Waals surface area contributed by atoms with Crippen LogP contribution >= 0.6 is 24.4 Å². The van der Waals surface area contributed by atoms with Crippen molar-refractivity contribution in [2.24, 2.45) is 38.2 Å². The summed E-state index contributed by atoms with van der Waals surface area (Å²) in [6, 6.07) is 0. The second-order valence-corrected chi connectivity index (χ2v) is 44.0. The zero-order valence-corrected chi connectivity index (χ0v) is 84.3. The fraction of sp³-hybridized carbons (Fsp3) is 0.670. The highest BCUT2D eigenvalue weighted by molar-refractivity contribution is 7.71. The van der Waals surface area contributed by atoms with E-state index in [-0.39, 0.29) is 77.5 Å². The third-order valence-electron chi connectivity index (χ3n) is 21.6. The maximum atomic E-state index is 11.7. The van der Waals surface area contributed by atoms with Gasteiger partial charge in [-0.05, 0) is 173 Å². The number of unbranched alkanes of at least 4 members (excludes halogenated alkanes) is 5. The van der Waals surface area contributed by atoms with Gasteiger partial charge in [-0.1, -0.05) is 210 Å². The summed E-state index contributed by atoms with van der Waals surface area (Å²) in [5, 5.41) is 9.51. The van der Waals surface area contributed by atoms with Gasteiger partial charge >= 0.3 is 0 Å². The standard InChI is InChI=1S/C13H22N2O2.C13H22N2OS.C13H21NO2.2C12H20N2O2.C12H20N2OS.C11H18N2O2.C11H17NO2/c1-13(2,3)7-5-6-8-15(4)10-9(14)11(16)12(10)17;1-13(2,3)9-10(11(16)12(9)17)15-8-6-5-7-14-4;1-13(2,3)8-6-4-5-7-9-10(14)12(16)11(9)15;2*1-12(2,3)6-5-7-14(4)9-8(13)10(15)11(9)16;1-12(2,3)8-9(10(15)11(8)16)14-7-5-4-6-13;1-11(2,3)5-6-13(4)8-7(12)9(14)10(8)15;1-11(2,3)6-4-5-7-8(12)10(14)9(7)13/h5-8,14H2,1-4H3;14-15H,5-8H2,1-4H3;4-8,14H2,1-3H3;2*5-7,13H2,1-4H3;14H,4-7,13H2,1-3H3;5-6,12H2,1-4H3;4-6,12H2,1-3H3. The number of nitrogen functional groups attached to an aromatic ring is 6. The number of anilines is 12. The van der Waals surface area contributed by atoms with Crippen molar-refractivity contribution in [3.63, 3.8) is 0 Å². The first kappa shape index (κ1) is 116. The lowest BCUT2D eigenvalue weighted by molar-refractivity contribution is 0.358. The van der Waals surface area contributed by atoms with E-state index in [9.17, 15) is 67.1 Å². The molecule has 0 saturated heterocycles. The number of nitrogens with one attached hydrogen (secondary N) is 3. The highest BCUT2D eigenvalue weighted by Gasteiger charge is 2.31. The SMILES string of the molecule is CC(C)(C)CCCCCc1c(N)c(=O)c1=O.CC(C)(C)CCCc1c(N)c(=O)c1=O.CC(C)(C)c1c(NCCCCN)c(=O)c1=S.CN(CCC(C)(C)C)c1c(N)c(=O)c1=O.CN(CCCC(C)(C)C)c1c(N)c(=O)c1=O.CN(CCCC(C)(C)C)c1c(N)c(=O)c1=O.CN(CCCCC(C)(C)C)c1c(N)c(=O)c1=O.CNCCCCNc1c(C(C)(C)C)c(=S)c1=O. The van der Waals surface area contributed by atoms with Crippen LogP contribution < -0.4 is 152 Å². The summed E-state index contributed by atoms with van der Waals surface area (Å²) < 4.78 is 1.00. The van der Waals surface area contributed by atoms with Crippen molar-refractivity contribution >= 4 is 92.7 Å². The molecule has 0 aliphatic carbocycles. The first-order valence-corrected chi connectivity index (χ1v) is 45.6. The molecule has 127 heavy (non-hydrogen) atoms. The Bertz CT molecular complexity index is 5350. The fourth-order valence-corrected chi connectivity index (χ4v) is 14.8. The molecule has 8 aromatic rings. The zero-order valence-electron chi connectivity index (χ0n) is 82.7. The molecule has 0 spiro atoms. The van der Waals surface area contributed by atoms with E-state index in [2.05, 4.69) is 182 Å². The van der Waals surface area contributed by atoms with Gasteiger partial charge in [-0.15, -0.1) is 0 Å². The van der Waals surface area contributed by atoms with Gasteiger partial charge in [0.15, 0.2) is 0 Å². The molecule has 0 atom stereocenters. The second kappa shape index (κ2) is 49.7. The van der Waals surface area contributed by atoms with Gasteiger partial charge in [0.2, 0.25) is 32.6 Å². The minimum atomic E-state index is -0.549. The van der Waals surface area contributed by atoms with E-state index >= 15 is 0 Å². The van der Waals surface area contributed by atoms with Crippen molar-refractivity contribution in [2.75, 3.05) is 152 Å². The lowest BCUT2D eigenvalue weighted by atomic mass is 9.83. The Hall–Kier alpha value is -9.00. The van der Waals surface area contributed by atoms with Crippen molar-refractivity contribution < 1.29 is 0 Å². The third-order valence-corrected chi connectivity index (χ3v) is 22.4. The average Bonchev–Trinajstić information content (AvgIpc) is 0.754. The number of hydrogen-bond donors (Lipinski definition) is 10. The Morgan fingerprint density at radius 2 is 0.520 bits per heavy atom. The molecule has 0 aliphatic heterocycles. The van der Waals surface area contributed by atoms with Crippen LogP contribution in [0.3, 0.4) is 0 Å². The summed E-state index contributed by atoms with van der Waals surface area (Å²) in [5.41, 5.74) is 41.1. The summed E-state index contributed by atoms with van der Waals surface area (Å²) in [6.07, 6.45) is 20.1. The first-order chi connectivity index (χ1) is 57.9. The summed E-state index contributed by atoms with van der Waals surface area (Å²) >= 11 is 10.2. The molecule has 30 heteroatoms. The van der Waals surface area contributed by atoms with E-state index in [1.165, 1.54) is 12.8 Å². The van der Waals surface area contributed by atoms with E-state index in [1.807, 2.05) is 14.1 Å². The van der Waals surface area contributed by atoms with E-state index in [4.69, 9.17) is 64.6 Å². The second-order valence-electron chi connectivity index (χ2n) is 43.1. The van der Waals surface area contributed by atoms with Crippen LogP contribution in [0.2, 0.25) is 0 Å². The lowest BCUT2D eigenvalue weighted by Crippen LogP contribution is -2.41. The van der Waals surface area contributed by atoms with Gasteiger partial charge in [0.1, 0.15) is 45.5 Å². The Labute approximate surface area is 763 Å². The minimum absolute atomic E-state index is 0.00678. The topological polar surface area (TPSA) is 470 Å². The van der Waals surface area contributed by atoms with E-state index < -0.39 is 54.3 Å². The quantitative estimate of drug-likeness (QED) is 0.0100. The summed E-state index contributed by atoms with van der Waals surface area (Å²) in [7, 11) is 9.15. The monoisotopic (exact) mass is 1810 g/mol. The Morgan fingerprint density at radius 3 is 0.795 bits per heavy atom. The van der Waals surface area contributed by atoms with Gasteiger partial charge in [0, 0.05) is 89.7 Å². The molecular weight excluding hydrogens is 1650 g/mol. The molecule has 0 aliphatic rings. The van der Waals surface area contributed by atoms with Crippen LogP contribution in [0.1, 0.15) is 304 Å². The van der Waals surface area contributed by atoms with Gasteiger partial charge < -0.3 is 75.7 Å². The van der Waals surface area contributed by atoms with Crippen LogP contribution in [0, 0.1) is 41.5 Å². The first-order valence-electron chi connectivity index (χ1n) is 44.7. The molecule has 0 fully saturated rings. The van der Waals surface area contributed by atoms with Crippen molar-refractivity contribution in [2.45, 2.75) is 305 Å². The molecule has 0 unspecified atom stereocenters. The molecule has 0 aromatic heterocycles. The van der Waals surface area contributed by atoms with Gasteiger partial charge in [0.05, 0.1) is 31.8 Å². The van der Waals surface area contributed by atoms with Crippen molar-refractivity contribution in [1.82, 2.24) is 5.32 Å². The van der Waals surface area contributed by atoms with Crippen molar-refractivity contribution in [1.29, 1.82) is 0 Å². The van der Waals surface area contributed by atoms with Crippen molar-refractivity contribution in [3.8, 4) is 0 Å². The molecule has 0 saturated carbocycles. The predicted octanol–water partition coefficient (Wildman–Crippen LogP) is 12.2. The minimum Gasteiger partial charge on any atom is -0.395 e. The summed E-state index contributed by atoms with van der Waals surface area (Å²) in [4.78, 5) is 163. The molecule has 8 aromatic carbocycles. The smallest absolute Gasteiger partial charge is 0.253 e. The lowest BCUT2D eigenvalue weighted by Gasteiger charge is -2.26. The molecule has 0 bridgehead atoms. The van der Waals surface area contributed by atoms with Gasteiger partial charge in [-0.25, -0.2) is 0 Å². The van der Waals surface area contributed by atoms with Crippen LogP contribution in [-0.4, -0.2) is 87.6 Å². The normalized spacial score (nSPS) is 12.0. The van der Waals surface area contributed by atoms with Gasteiger partial charge in [-0.2, -0.15) is 0 Å². The molecule has 714 valence electrons. The van der Waals surface area contributed by atoms with Crippen molar-refractivity contribution in [3.05, 3.63) is 174 Å². The Kier molecular flexibility index (Phi) is 45.4. The molecule has 17 N–H and O–H groups in total. The molecule has 8 rings (SSSR count). The largest absolute Gasteiger partial charge is 0.395 e. The van der Waals surface area contributed by atoms with Crippen LogP contribution in [0.5, 0.6) is 0 Å². The van der Waals surface area contributed by atoms with Crippen LogP contribution in [-0.2, 0) is 23.7 Å². The molecule has 0 heterocycles. The molecule has 28 nitrogen and oxygen atoms in total. The van der Waals surface area contributed by atoms with E-state index in [0.717, 1.165) is 171 Å². The number of rotatable bonds is 35. The summed E-state index contributed by atoms with van der Waals surface area (Å²) in [6.45, 7) is 58.1. The maximum absolute atomic E-state index is 11.7.